The Kier molecular flexibility index (Phi) is 5.90. The summed E-state index contributed by atoms with van der Waals surface area (Å²) >= 11 is 0. The molecule has 0 amide bonds. The highest BCUT2D eigenvalue weighted by atomic mass is 14.5. The molecule has 0 heterocycles. The van der Waals surface area contributed by atoms with Crippen LogP contribution in [0, 0.1) is 12.1 Å². The van der Waals surface area contributed by atoms with E-state index in [0.717, 1.165) is 0 Å². The number of unbranched alkanes of at least 4 members (excludes halogenated alkanes) is 4. The smallest absolute Gasteiger partial charge is 0.0209 e. The van der Waals surface area contributed by atoms with Crippen LogP contribution in [0.4, 0.5) is 0 Å². The molecule has 0 unspecified atom stereocenters. The zero-order valence-corrected chi connectivity index (χ0v) is 17.1. The monoisotopic (exact) mass is 346 g/mol. The van der Waals surface area contributed by atoms with E-state index in [1.165, 1.54) is 68.1 Å². The average Bonchev–Trinajstić information content (AvgIpc) is 2.66. The van der Waals surface area contributed by atoms with Gasteiger partial charge in [-0.1, -0.05) is 90.5 Å². The van der Waals surface area contributed by atoms with E-state index in [1.807, 2.05) is 0 Å². The Morgan fingerprint density at radius 3 is 1.81 bits per heavy atom. The third-order valence-electron chi connectivity index (χ3n) is 6.52. The third kappa shape index (κ3) is 3.24. The van der Waals surface area contributed by atoms with Gasteiger partial charge in [-0.15, -0.1) is 0 Å². The van der Waals surface area contributed by atoms with Crippen LogP contribution in [0.2, 0.25) is 0 Å². The van der Waals surface area contributed by atoms with Crippen molar-refractivity contribution in [1.29, 1.82) is 0 Å². The normalized spacial score (nSPS) is 16.8. The molecule has 0 saturated heterocycles. The van der Waals surface area contributed by atoms with Gasteiger partial charge in [-0.2, -0.15) is 0 Å². The molecule has 0 aromatic heterocycles. The van der Waals surface area contributed by atoms with Gasteiger partial charge in [0.1, 0.15) is 0 Å². The van der Waals surface area contributed by atoms with Crippen molar-refractivity contribution in [2.75, 3.05) is 0 Å². The fourth-order valence-corrected chi connectivity index (χ4v) is 5.04. The summed E-state index contributed by atoms with van der Waals surface area (Å²) in [5.74, 6) is 0. The Balaban J connectivity index is 2.18. The number of hydrogen-bond donors (Lipinski definition) is 0. The summed E-state index contributed by atoms with van der Waals surface area (Å²) in [4.78, 5) is 0. The van der Waals surface area contributed by atoms with Gasteiger partial charge >= 0.3 is 0 Å². The Hall–Kier alpha value is -1.56. The van der Waals surface area contributed by atoms with Gasteiger partial charge in [0, 0.05) is 10.8 Å². The van der Waals surface area contributed by atoms with Crippen molar-refractivity contribution in [3.8, 4) is 0 Å². The van der Waals surface area contributed by atoms with Crippen molar-refractivity contribution in [1.82, 2.24) is 0 Å². The molecular formula is C26H34. The van der Waals surface area contributed by atoms with Crippen LogP contribution in [0.3, 0.4) is 0 Å². The summed E-state index contributed by atoms with van der Waals surface area (Å²) in [6.07, 6.45) is 10.3. The van der Waals surface area contributed by atoms with Crippen molar-refractivity contribution in [3.63, 3.8) is 0 Å². The van der Waals surface area contributed by atoms with Crippen molar-refractivity contribution in [2.24, 2.45) is 0 Å². The molecular weight excluding hydrogens is 312 g/mol. The van der Waals surface area contributed by atoms with Crippen LogP contribution in [0.1, 0.15) is 101 Å². The lowest BCUT2D eigenvalue weighted by Crippen LogP contribution is -2.40. The SMILES string of the molecule is CCCCCC1(CCCCC)c2c[c]ccc2C(C)(C)c2c[c]ccc21. The molecule has 0 heteroatoms. The fraction of sp³-hybridized carbons (Fsp3) is 0.538. The maximum absolute atomic E-state index is 3.42. The first kappa shape index (κ1) is 19.2. The zero-order chi connectivity index (χ0) is 18.6. The standard InChI is InChI=1S/C26H34/c1-5-7-13-19-26(20-14-8-6-2)23-17-11-9-15-21(23)25(3,4)22-16-10-12-18-24(22)26/h9,12,15-18H,5-8,13-14,19-20H2,1-4H3. The molecule has 3 rings (SSSR count). The minimum Gasteiger partial charge on any atom is -0.0654 e. The van der Waals surface area contributed by atoms with Gasteiger partial charge in [0.2, 0.25) is 0 Å². The van der Waals surface area contributed by atoms with Crippen molar-refractivity contribution >= 4 is 0 Å². The lowest BCUT2D eigenvalue weighted by atomic mass is 9.56. The summed E-state index contributed by atoms with van der Waals surface area (Å²) in [7, 11) is 0. The first-order valence-electron chi connectivity index (χ1n) is 10.6. The van der Waals surface area contributed by atoms with E-state index in [4.69, 9.17) is 0 Å². The van der Waals surface area contributed by atoms with Crippen molar-refractivity contribution < 1.29 is 0 Å². The van der Waals surface area contributed by atoms with Crippen molar-refractivity contribution in [2.45, 2.75) is 89.9 Å². The van der Waals surface area contributed by atoms with Gasteiger partial charge in [0.25, 0.3) is 0 Å². The number of fused-ring (bicyclic) bond motifs is 2. The first-order chi connectivity index (χ1) is 12.6. The van der Waals surface area contributed by atoms with Crippen LogP contribution >= 0.6 is 0 Å². The summed E-state index contributed by atoms with van der Waals surface area (Å²) in [5, 5.41) is 0. The molecule has 0 N–H and O–H groups in total. The molecule has 2 aromatic rings. The molecule has 0 aliphatic heterocycles. The Labute approximate surface area is 161 Å². The van der Waals surface area contributed by atoms with Gasteiger partial charge in [0.05, 0.1) is 0 Å². The Bertz CT molecular complexity index is 661. The zero-order valence-electron chi connectivity index (χ0n) is 17.1. The first-order valence-corrected chi connectivity index (χ1v) is 10.6. The second kappa shape index (κ2) is 7.99. The quantitative estimate of drug-likeness (QED) is 0.438. The summed E-state index contributed by atoms with van der Waals surface area (Å²) in [6, 6.07) is 20.3. The number of hydrogen-bond acceptors (Lipinski definition) is 0. The highest BCUT2D eigenvalue weighted by Crippen LogP contribution is 2.53. The topological polar surface area (TPSA) is 0 Å². The lowest BCUT2D eigenvalue weighted by Gasteiger charge is -2.47. The minimum absolute atomic E-state index is 0.0382. The summed E-state index contributed by atoms with van der Waals surface area (Å²) in [5.41, 5.74) is 6.26. The van der Waals surface area contributed by atoms with Crippen LogP contribution in [0.5, 0.6) is 0 Å². The predicted octanol–water partition coefficient (Wildman–Crippen LogP) is 7.37. The maximum atomic E-state index is 3.42. The van der Waals surface area contributed by atoms with E-state index >= 15 is 0 Å². The molecule has 26 heavy (non-hydrogen) atoms. The van der Waals surface area contributed by atoms with Crippen LogP contribution in [-0.4, -0.2) is 0 Å². The van der Waals surface area contributed by atoms with E-state index in [2.05, 4.69) is 76.2 Å². The molecule has 0 atom stereocenters. The summed E-state index contributed by atoms with van der Waals surface area (Å²) in [6.45, 7) is 9.36. The van der Waals surface area contributed by atoms with Gasteiger partial charge in [0.15, 0.2) is 0 Å². The molecule has 1 aliphatic rings. The van der Waals surface area contributed by atoms with Crippen LogP contribution in [-0.2, 0) is 10.8 Å². The van der Waals surface area contributed by atoms with Gasteiger partial charge in [-0.05, 0) is 59.4 Å². The van der Waals surface area contributed by atoms with E-state index in [1.54, 1.807) is 5.56 Å². The third-order valence-corrected chi connectivity index (χ3v) is 6.52. The second-order valence-corrected chi connectivity index (χ2v) is 8.56. The average molecular weight is 347 g/mol. The maximum Gasteiger partial charge on any atom is 0.0209 e. The summed E-state index contributed by atoms with van der Waals surface area (Å²) < 4.78 is 0. The molecule has 2 radical (unpaired) electrons. The molecule has 0 spiro atoms. The second-order valence-electron chi connectivity index (χ2n) is 8.56. The molecule has 0 nitrogen and oxygen atoms in total. The number of benzene rings is 2. The fourth-order valence-electron chi connectivity index (χ4n) is 5.04. The Morgan fingerprint density at radius 1 is 0.692 bits per heavy atom. The predicted molar refractivity (Wildman–Crippen MR) is 112 cm³/mol. The van der Waals surface area contributed by atoms with Crippen LogP contribution < -0.4 is 0 Å². The number of rotatable bonds is 8. The minimum atomic E-state index is 0.0382. The van der Waals surface area contributed by atoms with Crippen LogP contribution in [0.25, 0.3) is 0 Å². The van der Waals surface area contributed by atoms with E-state index in [0.29, 0.717) is 0 Å². The molecule has 0 fully saturated rings. The Morgan fingerprint density at radius 2 is 1.23 bits per heavy atom. The highest BCUT2D eigenvalue weighted by Gasteiger charge is 2.45. The van der Waals surface area contributed by atoms with E-state index in [9.17, 15) is 0 Å². The lowest BCUT2D eigenvalue weighted by molar-refractivity contribution is 0.370. The van der Waals surface area contributed by atoms with Crippen molar-refractivity contribution in [3.05, 3.63) is 70.8 Å². The molecule has 0 bridgehead atoms. The molecule has 1 aliphatic carbocycles. The van der Waals surface area contributed by atoms with E-state index < -0.39 is 0 Å². The van der Waals surface area contributed by atoms with Gasteiger partial charge < -0.3 is 0 Å². The molecule has 138 valence electrons. The molecule has 2 aromatic carbocycles. The van der Waals surface area contributed by atoms with Gasteiger partial charge in [-0.3, -0.25) is 0 Å². The van der Waals surface area contributed by atoms with E-state index in [-0.39, 0.29) is 10.8 Å². The van der Waals surface area contributed by atoms with Crippen LogP contribution in [0.15, 0.2) is 36.4 Å². The largest absolute Gasteiger partial charge is 0.0654 e. The molecule has 0 saturated carbocycles. The van der Waals surface area contributed by atoms with Gasteiger partial charge in [-0.25, -0.2) is 0 Å². The highest BCUT2D eigenvalue weighted by molar-refractivity contribution is 5.58.